The molecule has 17 heavy (non-hydrogen) atoms. The van der Waals surface area contributed by atoms with E-state index in [4.69, 9.17) is 15.2 Å². The SMILES string of the molecule is Cc1ccc2c(c1C1(N)CCCC1)OCCO2. The fraction of sp³-hybridized carbons (Fsp3) is 0.571. The molecule has 0 amide bonds. The molecule has 92 valence electrons. The summed E-state index contributed by atoms with van der Waals surface area (Å²) in [5.41, 5.74) is 8.75. The van der Waals surface area contributed by atoms with E-state index in [1.54, 1.807) is 0 Å². The Morgan fingerprint density at radius 3 is 2.59 bits per heavy atom. The minimum Gasteiger partial charge on any atom is -0.486 e. The summed E-state index contributed by atoms with van der Waals surface area (Å²) in [6.45, 7) is 3.37. The van der Waals surface area contributed by atoms with Crippen molar-refractivity contribution in [2.75, 3.05) is 13.2 Å². The number of rotatable bonds is 1. The Bertz CT molecular complexity index is 436. The van der Waals surface area contributed by atoms with Gasteiger partial charge in [-0.25, -0.2) is 0 Å². The van der Waals surface area contributed by atoms with E-state index in [0.717, 1.165) is 24.3 Å². The van der Waals surface area contributed by atoms with Gasteiger partial charge in [-0.2, -0.15) is 0 Å². The molecule has 0 aromatic heterocycles. The quantitative estimate of drug-likeness (QED) is 0.810. The van der Waals surface area contributed by atoms with Gasteiger partial charge in [-0.05, 0) is 31.4 Å². The molecule has 1 aliphatic carbocycles. The number of hydrogen-bond acceptors (Lipinski definition) is 3. The van der Waals surface area contributed by atoms with Crippen molar-refractivity contribution in [1.82, 2.24) is 0 Å². The number of nitrogens with two attached hydrogens (primary N) is 1. The van der Waals surface area contributed by atoms with E-state index in [0.29, 0.717) is 13.2 Å². The third-order valence-electron chi connectivity index (χ3n) is 3.91. The van der Waals surface area contributed by atoms with Crippen LogP contribution in [0, 0.1) is 6.92 Å². The standard InChI is InChI=1S/C14H19NO2/c1-10-4-5-11-13(17-9-8-16-11)12(10)14(15)6-2-3-7-14/h4-5H,2-3,6-9,15H2,1H3. The first-order chi connectivity index (χ1) is 8.21. The van der Waals surface area contributed by atoms with Crippen molar-refractivity contribution < 1.29 is 9.47 Å². The van der Waals surface area contributed by atoms with Crippen molar-refractivity contribution in [1.29, 1.82) is 0 Å². The molecule has 0 spiro atoms. The summed E-state index contributed by atoms with van der Waals surface area (Å²) in [4.78, 5) is 0. The number of ether oxygens (including phenoxy) is 2. The Hall–Kier alpha value is -1.22. The molecule has 3 heteroatoms. The first kappa shape index (κ1) is 10.9. The summed E-state index contributed by atoms with van der Waals surface area (Å²) < 4.78 is 11.5. The van der Waals surface area contributed by atoms with Crippen molar-refractivity contribution in [2.45, 2.75) is 38.1 Å². The van der Waals surface area contributed by atoms with Crippen LogP contribution < -0.4 is 15.2 Å². The van der Waals surface area contributed by atoms with Gasteiger partial charge in [0.25, 0.3) is 0 Å². The highest BCUT2D eigenvalue weighted by Crippen LogP contribution is 2.46. The van der Waals surface area contributed by atoms with Gasteiger partial charge in [-0.3, -0.25) is 0 Å². The highest BCUT2D eigenvalue weighted by atomic mass is 16.6. The number of fused-ring (bicyclic) bond motifs is 1. The van der Waals surface area contributed by atoms with Crippen LogP contribution in [0.15, 0.2) is 12.1 Å². The molecular weight excluding hydrogens is 214 g/mol. The van der Waals surface area contributed by atoms with Gasteiger partial charge < -0.3 is 15.2 Å². The van der Waals surface area contributed by atoms with E-state index in [9.17, 15) is 0 Å². The minimum absolute atomic E-state index is 0.212. The van der Waals surface area contributed by atoms with Gasteiger partial charge in [-0.15, -0.1) is 0 Å². The highest BCUT2D eigenvalue weighted by molar-refractivity contribution is 5.54. The molecule has 1 heterocycles. The summed E-state index contributed by atoms with van der Waals surface area (Å²) in [6.07, 6.45) is 4.52. The average Bonchev–Trinajstić information content (AvgIpc) is 2.76. The zero-order valence-electron chi connectivity index (χ0n) is 10.3. The molecule has 1 aliphatic heterocycles. The van der Waals surface area contributed by atoms with E-state index >= 15 is 0 Å². The zero-order valence-corrected chi connectivity index (χ0v) is 10.3. The van der Waals surface area contributed by atoms with Crippen molar-refractivity contribution in [2.24, 2.45) is 5.73 Å². The van der Waals surface area contributed by atoms with Gasteiger partial charge in [0.2, 0.25) is 0 Å². The van der Waals surface area contributed by atoms with Crippen LogP contribution in [-0.4, -0.2) is 13.2 Å². The molecule has 2 N–H and O–H groups in total. The summed E-state index contributed by atoms with van der Waals surface area (Å²) in [6, 6.07) is 4.08. The Labute approximate surface area is 102 Å². The van der Waals surface area contributed by atoms with Crippen LogP contribution in [0.2, 0.25) is 0 Å². The molecule has 1 aromatic carbocycles. The molecule has 0 radical (unpaired) electrons. The third-order valence-corrected chi connectivity index (χ3v) is 3.91. The summed E-state index contributed by atoms with van der Waals surface area (Å²) >= 11 is 0. The van der Waals surface area contributed by atoms with E-state index in [1.165, 1.54) is 24.0 Å². The maximum atomic E-state index is 6.57. The lowest BCUT2D eigenvalue weighted by molar-refractivity contribution is 0.166. The smallest absolute Gasteiger partial charge is 0.166 e. The van der Waals surface area contributed by atoms with Gasteiger partial charge >= 0.3 is 0 Å². The largest absolute Gasteiger partial charge is 0.486 e. The van der Waals surface area contributed by atoms with Crippen LogP contribution in [0.1, 0.15) is 36.8 Å². The molecule has 0 unspecified atom stereocenters. The Morgan fingerprint density at radius 2 is 1.82 bits per heavy atom. The highest BCUT2D eigenvalue weighted by Gasteiger charge is 2.37. The van der Waals surface area contributed by atoms with Crippen molar-refractivity contribution in [3.8, 4) is 11.5 Å². The first-order valence-electron chi connectivity index (χ1n) is 6.39. The van der Waals surface area contributed by atoms with Gasteiger partial charge in [0, 0.05) is 11.1 Å². The van der Waals surface area contributed by atoms with Gasteiger partial charge in [-0.1, -0.05) is 18.9 Å². The van der Waals surface area contributed by atoms with Crippen LogP contribution in [-0.2, 0) is 5.54 Å². The van der Waals surface area contributed by atoms with Crippen LogP contribution in [0.3, 0.4) is 0 Å². The van der Waals surface area contributed by atoms with Crippen molar-refractivity contribution >= 4 is 0 Å². The molecule has 3 rings (SSSR count). The lowest BCUT2D eigenvalue weighted by atomic mass is 9.85. The second-order valence-corrected chi connectivity index (χ2v) is 5.14. The van der Waals surface area contributed by atoms with E-state index in [2.05, 4.69) is 13.0 Å². The molecule has 0 atom stereocenters. The van der Waals surface area contributed by atoms with Crippen LogP contribution in [0.25, 0.3) is 0 Å². The fourth-order valence-electron chi connectivity index (χ4n) is 3.09. The molecular formula is C14H19NO2. The fourth-order valence-corrected chi connectivity index (χ4v) is 3.09. The normalized spacial score (nSPS) is 21.5. The molecule has 0 saturated heterocycles. The Balaban J connectivity index is 2.14. The molecule has 1 saturated carbocycles. The number of benzene rings is 1. The number of hydrogen-bond donors (Lipinski definition) is 1. The summed E-state index contributed by atoms with van der Waals surface area (Å²) in [5, 5.41) is 0. The zero-order chi connectivity index (χ0) is 11.9. The van der Waals surface area contributed by atoms with Crippen LogP contribution in [0.4, 0.5) is 0 Å². The van der Waals surface area contributed by atoms with E-state index in [-0.39, 0.29) is 5.54 Å². The monoisotopic (exact) mass is 233 g/mol. The maximum Gasteiger partial charge on any atom is 0.166 e. The Kier molecular flexibility index (Phi) is 2.51. The summed E-state index contributed by atoms with van der Waals surface area (Å²) in [7, 11) is 0. The maximum absolute atomic E-state index is 6.57. The lowest BCUT2D eigenvalue weighted by Gasteiger charge is -2.31. The number of aryl methyl sites for hydroxylation is 1. The van der Waals surface area contributed by atoms with Crippen molar-refractivity contribution in [3.63, 3.8) is 0 Å². The van der Waals surface area contributed by atoms with Crippen LogP contribution >= 0.6 is 0 Å². The van der Waals surface area contributed by atoms with Gasteiger partial charge in [0.05, 0.1) is 0 Å². The first-order valence-corrected chi connectivity index (χ1v) is 6.39. The molecule has 3 nitrogen and oxygen atoms in total. The third kappa shape index (κ3) is 1.69. The topological polar surface area (TPSA) is 44.5 Å². The lowest BCUT2D eigenvalue weighted by Crippen LogP contribution is -2.35. The summed E-state index contributed by atoms with van der Waals surface area (Å²) in [5.74, 6) is 1.74. The molecule has 2 aliphatic rings. The van der Waals surface area contributed by atoms with E-state index in [1.807, 2.05) is 6.07 Å². The minimum atomic E-state index is -0.212. The molecule has 1 aromatic rings. The van der Waals surface area contributed by atoms with Crippen molar-refractivity contribution in [3.05, 3.63) is 23.3 Å². The van der Waals surface area contributed by atoms with E-state index < -0.39 is 0 Å². The van der Waals surface area contributed by atoms with Gasteiger partial charge in [0.15, 0.2) is 11.5 Å². The molecule has 0 bridgehead atoms. The second-order valence-electron chi connectivity index (χ2n) is 5.14. The van der Waals surface area contributed by atoms with Crippen LogP contribution in [0.5, 0.6) is 11.5 Å². The predicted molar refractivity (Wildman–Crippen MR) is 66.5 cm³/mol. The average molecular weight is 233 g/mol. The Morgan fingerprint density at radius 1 is 1.12 bits per heavy atom. The van der Waals surface area contributed by atoms with Gasteiger partial charge in [0.1, 0.15) is 13.2 Å². The second kappa shape index (κ2) is 3.91. The molecule has 1 fully saturated rings. The predicted octanol–water partition coefficient (Wildman–Crippen LogP) is 2.49.